The van der Waals surface area contributed by atoms with Gasteiger partial charge in [-0.15, -0.1) is 0 Å². The average Bonchev–Trinajstić information content (AvgIpc) is 3.19. The molecule has 1 amide bonds. The van der Waals surface area contributed by atoms with Crippen LogP contribution in [0.5, 0.6) is 0 Å². The van der Waals surface area contributed by atoms with Gasteiger partial charge in [0.15, 0.2) is 0 Å². The van der Waals surface area contributed by atoms with E-state index in [4.69, 9.17) is 4.74 Å². The molecule has 0 unspecified atom stereocenters. The van der Waals surface area contributed by atoms with Gasteiger partial charge in [0.25, 0.3) is 11.7 Å². The summed E-state index contributed by atoms with van der Waals surface area (Å²) in [4.78, 5) is 44.3. The number of carbonyl (C=O) groups is 3. The van der Waals surface area contributed by atoms with Crippen molar-refractivity contribution in [1.29, 1.82) is 0 Å². The number of aliphatic hydroxyl groups is 1. The summed E-state index contributed by atoms with van der Waals surface area (Å²) < 4.78 is 19.9. The van der Waals surface area contributed by atoms with Crippen molar-refractivity contribution in [3.05, 3.63) is 63.7 Å². The highest BCUT2D eigenvalue weighted by atomic mass is 19.1. The van der Waals surface area contributed by atoms with Crippen LogP contribution in [0.2, 0.25) is 0 Å². The average molecular weight is 458 g/mol. The van der Waals surface area contributed by atoms with Crippen molar-refractivity contribution in [3.8, 4) is 0 Å². The number of likely N-dealkylation sites (tertiary alicyclic amines) is 1. The fourth-order valence-corrected chi connectivity index (χ4v) is 4.09. The number of nitrogens with zero attached hydrogens (tertiary/aromatic N) is 2. The number of rotatable bonds is 7. The van der Waals surface area contributed by atoms with E-state index in [1.165, 1.54) is 23.1 Å². The van der Waals surface area contributed by atoms with Gasteiger partial charge >= 0.3 is 5.97 Å². The van der Waals surface area contributed by atoms with Crippen LogP contribution >= 0.6 is 0 Å². The van der Waals surface area contributed by atoms with E-state index in [9.17, 15) is 23.9 Å². The predicted molar refractivity (Wildman–Crippen MR) is 120 cm³/mol. The Hall–Kier alpha value is -3.46. The van der Waals surface area contributed by atoms with Crippen LogP contribution in [0.15, 0.2) is 29.8 Å². The smallest absolute Gasteiger partial charge is 0.355 e. The van der Waals surface area contributed by atoms with Crippen LogP contribution in [0.4, 0.5) is 4.39 Å². The second kappa shape index (κ2) is 9.58. The first-order valence-electron chi connectivity index (χ1n) is 10.6. The van der Waals surface area contributed by atoms with E-state index >= 15 is 0 Å². The number of Topliss-reactive ketones (excluding diaryl/α,β-unsaturated/α-hetero) is 1. The Kier molecular flexibility index (Phi) is 7.02. The van der Waals surface area contributed by atoms with Gasteiger partial charge in [-0.1, -0.05) is 18.2 Å². The predicted octanol–water partition coefficient (Wildman–Crippen LogP) is 2.93. The van der Waals surface area contributed by atoms with Gasteiger partial charge in [-0.05, 0) is 46.5 Å². The molecule has 0 bridgehead atoms. The van der Waals surface area contributed by atoms with E-state index in [0.29, 0.717) is 17.8 Å². The zero-order valence-corrected chi connectivity index (χ0v) is 19.4. The molecule has 2 heterocycles. The summed E-state index contributed by atoms with van der Waals surface area (Å²) in [5, 5.41) is 11.3. The van der Waals surface area contributed by atoms with Crippen molar-refractivity contribution < 1.29 is 28.6 Å². The van der Waals surface area contributed by atoms with Crippen molar-refractivity contribution >= 4 is 23.4 Å². The number of benzene rings is 1. The van der Waals surface area contributed by atoms with Crippen molar-refractivity contribution in [3.63, 3.8) is 0 Å². The molecule has 0 aliphatic carbocycles. The molecule has 8 nitrogen and oxygen atoms in total. The van der Waals surface area contributed by atoms with Gasteiger partial charge in [-0.3, -0.25) is 9.59 Å². The number of aryl methyl sites for hydroxylation is 1. The molecule has 0 spiro atoms. The van der Waals surface area contributed by atoms with Crippen LogP contribution in [-0.4, -0.2) is 71.3 Å². The molecule has 1 aliphatic rings. The Morgan fingerprint density at radius 3 is 2.52 bits per heavy atom. The Balaban J connectivity index is 2.22. The normalized spacial score (nSPS) is 17.8. The summed E-state index contributed by atoms with van der Waals surface area (Å²) in [7, 11) is 3.64. The van der Waals surface area contributed by atoms with Gasteiger partial charge in [0, 0.05) is 29.9 Å². The van der Waals surface area contributed by atoms with E-state index in [0.717, 1.165) is 0 Å². The number of ketones is 1. The quantitative estimate of drug-likeness (QED) is 0.287. The van der Waals surface area contributed by atoms with E-state index in [2.05, 4.69) is 4.98 Å². The molecular formula is C24H28FN3O5. The largest absolute Gasteiger partial charge is 0.507 e. The van der Waals surface area contributed by atoms with Crippen LogP contribution in [0.25, 0.3) is 5.76 Å². The van der Waals surface area contributed by atoms with E-state index in [-0.39, 0.29) is 35.5 Å². The van der Waals surface area contributed by atoms with Gasteiger partial charge in [-0.2, -0.15) is 0 Å². The Bertz CT molecular complexity index is 1140. The highest BCUT2D eigenvalue weighted by Gasteiger charge is 2.47. The van der Waals surface area contributed by atoms with Gasteiger partial charge in [0.05, 0.1) is 18.2 Å². The van der Waals surface area contributed by atoms with Crippen LogP contribution in [-0.2, 0) is 14.3 Å². The SMILES string of the molecule is CCOC(=O)c1[nH]c(C)c(/C(O)=C2\C(=O)C(=O)N(CCN(C)C)[C@H]2c2ccccc2F)c1C. The minimum atomic E-state index is -1.11. The number of likely N-dealkylation sites (N-methyl/N-ethyl adjacent to an activating group) is 1. The maximum Gasteiger partial charge on any atom is 0.355 e. The third-order valence-corrected chi connectivity index (χ3v) is 5.68. The summed E-state index contributed by atoms with van der Waals surface area (Å²) in [5.41, 5.74) is 1.03. The summed E-state index contributed by atoms with van der Waals surface area (Å²) in [5.74, 6) is -3.38. The molecule has 2 aromatic rings. The lowest BCUT2D eigenvalue weighted by molar-refractivity contribution is -0.140. The monoisotopic (exact) mass is 457 g/mol. The molecule has 1 aliphatic heterocycles. The van der Waals surface area contributed by atoms with Gasteiger partial charge < -0.3 is 24.6 Å². The Morgan fingerprint density at radius 2 is 1.91 bits per heavy atom. The van der Waals surface area contributed by atoms with Gasteiger partial charge in [-0.25, -0.2) is 9.18 Å². The first-order valence-corrected chi connectivity index (χ1v) is 10.6. The Labute approximate surface area is 191 Å². The van der Waals surface area contributed by atoms with Crippen molar-refractivity contribution in [1.82, 2.24) is 14.8 Å². The summed E-state index contributed by atoms with van der Waals surface area (Å²) in [6.07, 6.45) is 0. The fourth-order valence-electron chi connectivity index (χ4n) is 4.09. The third-order valence-electron chi connectivity index (χ3n) is 5.68. The van der Waals surface area contributed by atoms with Gasteiger partial charge in [0.1, 0.15) is 17.3 Å². The molecule has 1 fully saturated rings. The van der Waals surface area contributed by atoms with Crippen LogP contribution < -0.4 is 0 Å². The number of carbonyl (C=O) groups excluding carboxylic acids is 3. The zero-order valence-electron chi connectivity index (χ0n) is 19.4. The van der Waals surface area contributed by atoms with Crippen LogP contribution in [0.3, 0.4) is 0 Å². The lowest BCUT2D eigenvalue weighted by Crippen LogP contribution is -2.35. The number of hydrogen-bond acceptors (Lipinski definition) is 6. The maximum atomic E-state index is 14.8. The zero-order chi connectivity index (χ0) is 24.4. The number of hydrogen-bond donors (Lipinski definition) is 2. The van der Waals surface area contributed by atoms with Crippen molar-refractivity contribution in [2.45, 2.75) is 26.8 Å². The topological polar surface area (TPSA) is 103 Å². The molecule has 2 N–H and O–H groups in total. The van der Waals surface area contributed by atoms with E-state index < -0.39 is 35.3 Å². The minimum absolute atomic E-state index is 0.105. The second-order valence-corrected chi connectivity index (χ2v) is 8.16. The third kappa shape index (κ3) is 4.41. The number of esters is 1. The highest BCUT2D eigenvalue weighted by Crippen LogP contribution is 2.41. The molecule has 0 saturated carbocycles. The molecule has 176 valence electrons. The summed E-state index contributed by atoms with van der Waals surface area (Å²) in [6.45, 7) is 5.67. The molecular weight excluding hydrogens is 429 g/mol. The molecule has 0 radical (unpaired) electrons. The van der Waals surface area contributed by atoms with E-state index in [1.54, 1.807) is 26.8 Å². The van der Waals surface area contributed by atoms with Crippen LogP contribution in [0.1, 0.15) is 45.8 Å². The minimum Gasteiger partial charge on any atom is -0.507 e. The van der Waals surface area contributed by atoms with Crippen LogP contribution in [0, 0.1) is 19.7 Å². The number of H-pyrrole nitrogens is 1. The lowest BCUT2D eigenvalue weighted by Gasteiger charge is -2.26. The maximum absolute atomic E-state index is 14.8. The number of amides is 1. The molecule has 1 aromatic heterocycles. The molecule has 1 aromatic carbocycles. The number of aliphatic hydroxyl groups excluding tert-OH is 1. The number of aromatic amines is 1. The van der Waals surface area contributed by atoms with Crippen molar-refractivity contribution in [2.75, 3.05) is 33.8 Å². The summed E-state index contributed by atoms with van der Waals surface area (Å²) in [6, 6.07) is 4.74. The molecule has 1 atom stereocenters. The first kappa shape index (κ1) is 24.2. The first-order chi connectivity index (χ1) is 15.6. The molecule has 33 heavy (non-hydrogen) atoms. The molecule has 3 rings (SSSR count). The fraction of sp³-hybridized carbons (Fsp3) is 0.375. The summed E-state index contributed by atoms with van der Waals surface area (Å²) >= 11 is 0. The number of nitrogens with one attached hydrogen (secondary N) is 1. The Morgan fingerprint density at radius 1 is 1.24 bits per heavy atom. The van der Waals surface area contributed by atoms with E-state index in [1.807, 2.05) is 19.0 Å². The molecule has 9 heteroatoms. The molecule has 1 saturated heterocycles. The highest BCUT2D eigenvalue weighted by molar-refractivity contribution is 6.46. The number of ether oxygens (including phenoxy) is 1. The van der Waals surface area contributed by atoms with Crippen molar-refractivity contribution in [2.24, 2.45) is 0 Å². The number of aromatic nitrogens is 1. The van der Waals surface area contributed by atoms with Gasteiger partial charge in [0.2, 0.25) is 0 Å². The lowest BCUT2D eigenvalue weighted by atomic mass is 9.93. The standard InChI is InChI=1S/C24H28FN3O5/c1-6-33-24(32)19-13(2)17(14(3)26-19)21(29)18-20(15-9-7-8-10-16(15)25)28(12-11-27(4)5)23(31)22(18)30/h7-10,20,26,29H,6,11-12H2,1-5H3/b21-18+/t20-/m0/s1. The second-order valence-electron chi connectivity index (χ2n) is 8.16. The number of halogens is 1.